The van der Waals surface area contributed by atoms with Gasteiger partial charge in [0, 0.05) is 30.9 Å². The molecule has 1 aliphatic rings. The van der Waals surface area contributed by atoms with Gasteiger partial charge in [-0.25, -0.2) is 4.98 Å². The molecule has 2 aromatic rings. The van der Waals surface area contributed by atoms with Crippen LogP contribution in [0, 0.1) is 0 Å². The van der Waals surface area contributed by atoms with E-state index < -0.39 is 0 Å². The first-order chi connectivity index (χ1) is 9.86. The second kappa shape index (κ2) is 6.37. The Labute approximate surface area is 124 Å². The molecule has 0 aliphatic carbocycles. The number of hydrogen-bond donors (Lipinski definition) is 1. The smallest absolute Gasteiger partial charge is 0.185 e. The van der Waals surface area contributed by atoms with E-state index in [4.69, 9.17) is 4.98 Å². The van der Waals surface area contributed by atoms with Crippen LogP contribution in [-0.4, -0.2) is 25.1 Å². The van der Waals surface area contributed by atoms with Gasteiger partial charge < -0.3 is 10.2 Å². The van der Waals surface area contributed by atoms with E-state index in [1.165, 1.54) is 42.3 Å². The van der Waals surface area contributed by atoms with Crippen molar-refractivity contribution in [3.05, 3.63) is 47.0 Å². The van der Waals surface area contributed by atoms with Crippen LogP contribution in [0.25, 0.3) is 0 Å². The van der Waals surface area contributed by atoms with E-state index in [9.17, 15) is 0 Å². The zero-order valence-electron chi connectivity index (χ0n) is 11.9. The normalized spacial score (nSPS) is 16.6. The minimum atomic E-state index is 0.338. The maximum Gasteiger partial charge on any atom is 0.185 e. The highest BCUT2D eigenvalue weighted by Gasteiger charge is 2.17. The van der Waals surface area contributed by atoms with Gasteiger partial charge in [-0.15, -0.1) is 11.3 Å². The van der Waals surface area contributed by atoms with Gasteiger partial charge in [-0.3, -0.25) is 0 Å². The third-order valence-corrected chi connectivity index (χ3v) is 4.83. The molecule has 0 bridgehead atoms. The number of nitrogens with zero attached hydrogens (tertiary/aromatic N) is 2. The van der Waals surface area contributed by atoms with Gasteiger partial charge >= 0.3 is 0 Å². The number of nitrogens with one attached hydrogen (secondary N) is 1. The molecule has 1 aromatic heterocycles. The largest absolute Gasteiger partial charge is 0.348 e. The van der Waals surface area contributed by atoms with Crippen LogP contribution in [0.1, 0.15) is 30.1 Å². The Kier molecular flexibility index (Phi) is 4.33. The Morgan fingerprint density at radius 2 is 2.00 bits per heavy atom. The van der Waals surface area contributed by atoms with Crippen molar-refractivity contribution >= 4 is 16.5 Å². The highest BCUT2D eigenvalue weighted by molar-refractivity contribution is 7.13. The van der Waals surface area contributed by atoms with E-state index >= 15 is 0 Å². The first kappa shape index (κ1) is 13.6. The fourth-order valence-electron chi connectivity index (χ4n) is 2.72. The molecule has 1 N–H and O–H groups in total. The summed E-state index contributed by atoms with van der Waals surface area (Å²) >= 11 is 1.78. The van der Waals surface area contributed by atoms with E-state index in [0.29, 0.717) is 6.04 Å². The van der Waals surface area contributed by atoms with Crippen molar-refractivity contribution in [3.63, 3.8) is 0 Å². The number of aromatic nitrogens is 1. The van der Waals surface area contributed by atoms with Crippen molar-refractivity contribution in [3.8, 4) is 0 Å². The van der Waals surface area contributed by atoms with Crippen molar-refractivity contribution in [1.29, 1.82) is 0 Å². The highest BCUT2D eigenvalue weighted by atomic mass is 32.1. The number of hydrogen-bond acceptors (Lipinski definition) is 4. The van der Waals surface area contributed by atoms with E-state index in [0.717, 1.165) is 6.42 Å². The molecule has 0 saturated carbocycles. The zero-order chi connectivity index (χ0) is 13.8. The van der Waals surface area contributed by atoms with E-state index in [1.807, 2.05) is 7.05 Å². The van der Waals surface area contributed by atoms with Crippen LogP contribution in [0.2, 0.25) is 0 Å². The summed E-state index contributed by atoms with van der Waals surface area (Å²) in [6, 6.07) is 10.9. The van der Waals surface area contributed by atoms with Crippen LogP contribution in [0.3, 0.4) is 0 Å². The van der Waals surface area contributed by atoms with E-state index in [1.54, 1.807) is 11.3 Å². The van der Waals surface area contributed by atoms with E-state index in [-0.39, 0.29) is 0 Å². The van der Waals surface area contributed by atoms with Crippen LogP contribution >= 0.6 is 11.3 Å². The van der Waals surface area contributed by atoms with Crippen molar-refractivity contribution in [2.24, 2.45) is 0 Å². The molecule has 1 aliphatic heterocycles. The third-order valence-electron chi connectivity index (χ3n) is 3.88. The highest BCUT2D eigenvalue weighted by Crippen LogP contribution is 2.26. The second-order valence-electron chi connectivity index (χ2n) is 5.27. The fraction of sp³-hybridized carbons (Fsp3) is 0.438. The Hall–Kier alpha value is -1.39. The summed E-state index contributed by atoms with van der Waals surface area (Å²) in [6.45, 7) is 2.34. The molecule has 0 amide bonds. The molecule has 0 spiro atoms. The summed E-state index contributed by atoms with van der Waals surface area (Å²) < 4.78 is 0. The lowest BCUT2D eigenvalue weighted by molar-refractivity contribution is 0.586. The molecule has 3 rings (SSSR count). The number of benzene rings is 1. The summed E-state index contributed by atoms with van der Waals surface area (Å²) in [5.74, 6) is 0. The summed E-state index contributed by atoms with van der Waals surface area (Å²) in [4.78, 5) is 7.22. The number of anilines is 1. The van der Waals surface area contributed by atoms with Gasteiger partial charge in [-0.2, -0.15) is 0 Å². The van der Waals surface area contributed by atoms with Crippen molar-refractivity contribution in [2.75, 3.05) is 25.0 Å². The molecule has 20 heavy (non-hydrogen) atoms. The van der Waals surface area contributed by atoms with Crippen molar-refractivity contribution < 1.29 is 0 Å². The van der Waals surface area contributed by atoms with Crippen LogP contribution in [0.15, 0.2) is 35.7 Å². The average Bonchev–Trinajstić information content (AvgIpc) is 3.16. The summed E-state index contributed by atoms with van der Waals surface area (Å²) in [5.41, 5.74) is 2.52. The Morgan fingerprint density at radius 1 is 1.25 bits per heavy atom. The number of likely N-dealkylation sites (N-methyl/N-ethyl adjacent to an activating group) is 1. The Balaban J connectivity index is 1.70. The average molecular weight is 287 g/mol. The predicted octanol–water partition coefficient (Wildman–Crippen LogP) is 3.25. The van der Waals surface area contributed by atoms with Gasteiger partial charge in [0.25, 0.3) is 0 Å². The molecule has 106 valence electrons. The van der Waals surface area contributed by atoms with Crippen LogP contribution in [0.5, 0.6) is 0 Å². The molecule has 1 unspecified atom stereocenters. The number of rotatable bonds is 5. The molecule has 1 aromatic carbocycles. The topological polar surface area (TPSA) is 28.2 Å². The van der Waals surface area contributed by atoms with E-state index in [2.05, 4.69) is 45.9 Å². The standard InChI is InChI=1S/C16H21N3S/c1-17-15(13-7-3-2-4-8-13)11-14-12-20-16(18-14)19-9-5-6-10-19/h2-4,7-8,12,15,17H,5-6,9-11H2,1H3. The molecular weight excluding hydrogens is 266 g/mol. The van der Waals surface area contributed by atoms with Gasteiger partial charge in [0.1, 0.15) is 0 Å². The van der Waals surface area contributed by atoms with Gasteiger partial charge in [0.15, 0.2) is 5.13 Å². The predicted molar refractivity (Wildman–Crippen MR) is 85.5 cm³/mol. The molecule has 3 nitrogen and oxygen atoms in total. The van der Waals surface area contributed by atoms with Gasteiger partial charge in [0.05, 0.1) is 5.69 Å². The van der Waals surface area contributed by atoms with Crippen LogP contribution < -0.4 is 10.2 Å². The molecular formula is C16H21N3S. The minimum absolute atomic E-state index is 0.338. The molecule has 2 heterocycles. The molecule has 1 atom stereocenters. The SMILES string of the molecule is CNC(Cc1csc(N2CCCC2)n1)c1ccccc1. The third kappa shape index (κ3) is 3.02. The maximum absolute atomic E-state index is 4.81. The monoisotopic (exact) mass is 287 g/mol. The maximum atomic E-state index is 4.81. The van der Waals surface area contributed by atoms with Gasteiger partial charge in [0.2, 0.25) is 0 Å². The quantitative estimate of drug-likeness (QED) is 0.915. The van der Waals surface area contributed by atoms with Gasteiger partial charge in [-0.05, 0) is 25.5 Å². The second-order valence-corrected chi connectivity index (χ2v) is 6.11. The Morgan fingerprint density at radius 3 is 2.70 bits per heavy atom. The lowest BCUT2D eigenvalue weighted by Gasteiger charge is -2.15. The Bertz CT molecular complexity index is 532. The lowest BCUT2D eigenvalue weighted by atomic mass is 10.0. The molecule has 0 radical (unpaired) electrons. The summed E-state index contributed by atoms with van der Waals surface area (Å²) in [5, 5.41) is 6.80. The first-order valence-electron chi connectivity index (χ1n) is 7.28. The number of thiazole rings is 1. The van der Waals surface area contributed by atoms with Crippen LogP contribution in [0.4, 0.5) is 5.13 Å². The molecule has 1 saturated heterocycles. The van der Waals surface area contributed by atoms with Crippen LogP contribution in [-0.2, 0) is 6.42 Å². The fourth-order valence-corrected chi connectivity index (χ4v) is 3.62. The van der Waals surface area contributed by atoms with Crippen molar-refractivity contribution in [1.82, 2.24) is 10.3 Å². The summed E-state index contributed by atoms with van der Waals surface area (Å²) in [7, 11) is 2.02. The molecule has 4 heteroatoms. The summed E-state index contributed by atoms with van der Waals surface area (Å²) in [6.07, 6.45) is 3.56. The minimum Gasteiger partial charge on any atom is -0.348 e. The lowest BCUT2D eigenvalue weighted by Crippen LogP contribution is -2.19. The zero-order valence-corrected chi connectivity index (χ0v) is 12.7. The van der Waals surface area contributed by atoms with Gasteiger partial charge in [-0.1, -0.05) is 30.3 Å². The first-order valence-corrected chi connectivity index (χ1v) is 8.16. The molecule has 1 fully saturated rings. The van der Waals surface area contributed by atoms with Crippen molar-refractivity contribution in [2.45, 2.75) is 25.3 Å².